The highest BCUT2D eigenvalue weighted by Crippen LogP contribution is 2.23. The minimum Gasteiger partial charge on any atom is -0.361 e. The molecule has 1 aromatic heterocycles. The van der Waals surface area contributed by atoms with Crippen LogP contribution in [0, 0.1) is 11.7 Å². The molecule has 3 nitrogen and oxygen atoms in total. The van der Waals surface area contributed by atoms with Gasteiger partial charge in [-0.1, -0.05) is 30.3 Å². The van der Waals surface area contributed by atoms with Gasteiger partial charge >= 0.3 is 0 Å². The molecule has 4 rings (SSSR count). The summed E-state index contributed by atoms with van der Waals surface area (Å²) >= 11 is 0. The summed E-state index contributed by atoms with van der Waals surface area (Å²) in [7, 11) is 0. The van der Waals surface area contributed by atoms with E-state index in [-0.39, 0.29) is 11.7 Å². The number of aryl methyl sites for hydroxylation is 1. The predicted molar refractivity (Wildman–Crippen MR) is 111 cm³/mol. The standard InChI is InChI=1S/C24H27FN2O/c25-21-11-12-23-22(15-21)20(16-26-23)9-4-10-24(28)27-13-5-8-19(17-27)14-18-6-2-1-3-7-18/h1-3,6-7,11-12,15-16,19,26H,4-5,8-10,13-14,17H2. The van der Waals surface area contributed by atoms with E-state index >= 15 is 0 Å². The molecule has 1 N–H and O–H groups in total. The molecule has 4 heteroatoms. The number of hydrogen-bond donors (Lipinski definition) is 1. The number of hydrogen-bond acceptors (Lipinski definition) is 1. The van der Waals surface area contributed by atoms with Gasteiger partial charge in [-0.3, -0.25) is 4.79 Å². The summed E-state index contributed by atoms with van der Waals surface area (Å²) in [5.41, 5.74) is 3.39. The van der Waals surface area contributed by atoms with E-state index < -0.39 is 0 Å². The van der Waals surface area contributed by atoms with Gasteiger partial charge in [0.15, 0.2) is 0 Å². The topological polar surface area (TPSA) is 36.1 Å². The van der Waals surface area contributed by atoms with Crippen molar-refractivity contribution in [2.75, 3.05) is 13.1 Å². The van der Waals surface area contributed by atoms with Crippen LogP contribution in [0.5, 0.6) is 0 Å². The number of likely N-dealkylation sites (tertiary alicyclic amines) is 1. The third-order valence-electron chi connectivity index (χ3n) is 5.81. The highest BCUT2D eigenvalue weighted by molar-refractivity contribution is 5.83. The number of rotatable bonds is 6. The van der Waals surface area contributed by atoms with Crippen molar-refractivity contribution in [2.24, 2.45) is 5.92 Å². The number of fused-ring (bicyclic) bond motifs is 1. The Kier molecular flexibility index (Phi) is 5.75. The van der Waals surface area contributed by atoms with Crippen LogP contribution in [0.2, 0.25) is 0 Å². The second kappa shape index (κ2) is 8.59. The first kappa shape index (κ1) is 18.7. The number of carbonyl (C=O) groups is 1. The summed E-state index contributed by atoms with van der Waals surface area (Å²) in [6, 6.07) is 15.4. The van der Waals surface area contributed by atoms with Crippen LogP contribution in [0.25, 0.3) is 10.9 Å². The number of halogens is 1. The zero-order valence-electron chi connectivity index (χ0n) is 16.2. The summed E-state index contributed by atoms with van der Waals surface area (Å²) in [5, 5.41) is 0.924. The summed E-state index contributed by atoms with van der Waals surface area (Å²) in [6.07, 6.45) is 7.40. The number of nitrogens with one attached hydrogen (secondary N) is 1. The Balaban J connectivity index is 1.29. The largest absolute Gasteiger partial charge is 0.361 e. The maximum atomic E-state index is 13.5. The highest BCUT2D eigenvalue weighted by atomic mass is 19.1. The quantitative estimate of drug-likeness (QED) is 0.636. The van der Waals surface area contributed by atoms with Crippen molar-refractivity contribution < 1.29 is 9.18 Å². The maximum Gasteiger partial charge on any atom is 0.222 e. The molecule has 1 fully saturated rings. The molecule has 3 aromatic rings. The van der Waals surface area contributed by atoms with Crippen molar-refractivity contribution in [3.63, 3.8) is 0 Å². The smallest absolute Gasteiger partial charge is 0.222 e. The van der Waals surface area contributed by atoms with Crippen molar-refractivity contribution in [1.29, 1.82) is 0 Å². The van der Waals surface area contributed by atoms with Crippen LogP contribution in [-0.2, 0) is 17.6 Å². The Labute approximate surface area is 165 Å². The lowest BCUT2D eigenvalue weighted by Crippen LogP contribution is -2.40. The Hall–Kier alpha value is -2.62. The Morgan fingerprint density at radius 3 is 2.89 bits per heavy atom. The molecule has 0 radical (unpaired) electrons. The molecule has 0 spiro atoms. The molecule has 0 saturated carbocycles. The van der Waals surface area contributed by atoms with Gasteiger partial charge in [-0.15, -0.1) is 0 Å². The summed E-state index contributed by atoms with van der Waals surface area (Å²) in [6.45, 7) is 1.74. The van der Waals surface area contributed by atoms with E-state index in [0.717, 1.165) is 55.2 Å². The molecule has 1 aliphatic heterocycles. The molecule has 146 valence electrons. The summed E-state index contributed by atoms with van der Waals surface area (Å²) in [5.74, 6) is 0.586. The fraction of sp³-hybridized carbons (Fsp3) is 0.375. The number of aromatic amines is 1. The fourth-order valence-electron chi connectivity index (χ4n) is 4.35. The molecule has 0 bridgehead atoms. The highest BCUT2D eigenvalue weighted by Gasteiger charge is 2.23. The Morgan fingerprint density at radius 1 is 1.18 bits per heavy atom. The Morgan fingerprint density at radius 2 is 2.04 bits per heavy atom. The predicted octanol–water partition coefficient (Wildman–Crippen LogP) is 5.11. The van der Waals surface area contributed by atoms with Gasteiger partial charge in [-0.2, -0.15) is 0 Å². The molecule has 1 atom stereocenters. The lowest BCUT2D eigenvalue weighted by molar-refractivity contribution is -0.133. The van der Waals surface area contributed by atoms with Crippen LogP contribution in [0.1, 0.15) is 36.8 Å². The van der Waals surface area contributed by atoms with Crippen molar-refractivity contribution in [3.8, 4) is 0 Å². The van der Waals surface area contributed by atoms with Crippen molar-refractivity contribution in [2.45, 2.75) is 38.5 Å². The van der Waals surface area contributed by atoms with Gasteiger partial charge in [0.05, 0.1) is 0 Å². The molecule has 2 heterocycles. The lowest BCUT2D eigenvalue weighted by Gasteiger charge is -2.33. The number of piperidine rings is 1. The number of H-pyrrole nitrogens is 1. The third-order valence-corrected chi connectivity index (χ3v) is 5.81. The van der Waals surface area contributed by atoms with Gasteiger partial charge in [-0.05, 0) is 67.3 Å². The van der Waals surface area contributed by atoms with Crippen molar-refractivity contribution in [3.05, 3.63) is 71.7 Å². The van der Waals surface area contributed by atoms with E-state index in [2.05, 4.69) is 29.2 Å². The summed E-state index contributed by atoms with van der Waals surface area (Å²) in [4.78, 5) is 17.9. The van der Waals surface area contributed by atoms with Crippen LogP contribution in [0.3, 0.4) is 0 Å². The van der Waals surface area contributed by atoms with Gasteiger partial charge in [0, 0.05) is 36.6 Å². The second-order valence-electron chi connectivity index (χ2n) is 7.90. The number of amides is 1. The minimum absolute atomic E-state index is 0.220. The van der Waals surface area contributed by atoms with Gasteiger partial charge in [0.25, 0.3) is 0 Å². The van der Waals surface area contributed by atoms with Crippen molar-refractivity contribution in [1.82, 2.24) is 9.88 Å². The van der Waals surface area contributed by atoms with E-state index in [9.17, 15) is 9.18 Å². The zero-order chi connectivity index (χ0) is 19.3. The van der Waals surface area contributed by atoms with Crippen LogP contribution in [-0.4, -0.2) is 28.9 Å². The van der Waals surface area contributed by atoms with Crippen LogP contribution in [0.4, 0.5) is 4.39 Å². The fourth-order valence-corrected chi connectivity index (χ4v) is 4.35. The van der Waals surface area contributed by atoms with Crippen LogP contribution >= 0.6 is 0 Å². The normalized spacial score (nSPS) is 17.2. The van der Waals surface area contributed by atoms with Crippen molar-refractivity contribution >= 4 is 16.8 Å². The molecule has 1 amide bonds. The molecule has 2 aromatic carbocycles. The van der Waals surface area contributed by atoms with Gasteiger partial charge in [0.1, 0.15) is 5.82 Å². The van der Waals surface area contributed by atoms with Gasteiger partial charge < -0.3 is 9.88 Å². The number of benzene rings is 2. The molecule has 28 heavy (non-hydrogen) atoms. The van der Waals surface area contributed by atoms with E-state index in [0.29, 0.717) is 12.3 Å². The van der Waals surface area contributed by atoms with E-state index in [1.807, 2.05) is 17.2 Å². The Bertz CT molecular complexity index is 934. The average molecular weight is 378 g/mol. The number of carbonyl (C=O) groups excluding carboxylic acids is 1. The zero-order valence-corrected chi connectivity index (χ0v) is 16.2. The van der Waals surface area contributed by atoms with Gasteiger partial charge in [-0.25, -0.2) is 4.39 Å². The lowest BCUT2D eigenvalue weighted by atomic mass is 9.91. The SMILES string of the molecule is O=C(CCCc1c[nH]c2ccc(F)cc12)N1CCCC(Cc2ccccc2)C1. The molecular weight excluding hydrogens is 351 g/mol. The number of nitrogens with zero attached hydrogens (tertiary/aromatic N) is 1. The van der Waals surface area contributed by atoms with E-state index in [4.69, 9.17) is 0 Å². The molecule has 0 aliphatic carbocycles. The van der Waals surface area contributed by atoms with Gasteiger partial charge in [0.2, 0.25) is 5.91 Å². The number of aromatic nitrogens is 1. The van der Waals surface area contributed by atoms with E-state index in [1.54, 1.807) is 12.1 Å². The third kappa shape index (κ3) is 4.44. The molecular formula is C24H27FN2O. The first-order chi connectivity index (χ1) is 13.7. The second-order valence-corrected chi connectivity index (χ2v) is 7.90. The molecule has 1 saturated heterocycles. The summed E-state index contributed by atoms with van der Waals surface area (Å²) < 4.78 is 13.5. The van der Waals surface area contributed by atoms with Crippen LogP contribution < -0.4 is 0 Å². The maximum absolute atomic E-state index is 13.5. The monoisotopic (exact) mass is 378 g/mol. The van der Waals surface area contributed by atoms with Crippen LogP contribution in [0.15, 0.2) is 54.7 Å². The molecule has 1 unspecified atom stereocenters. The average Bonchev–Trinajstić information content (AvgIpc) is 3.11. The first-order valence-corrected chi connectivity index (χ1v) is 10.3. The first-order valence-electron chi connectivity index (χ1n) is 10.3. The molecule has 1 aliphatic rings. The van der Waals surface area contributed by atoms with E-state index in [1.165, 1.54) is 18.1 Å². The minimum atomic E-state index is -0.220.